The standard InChI is InChI=1S/C23H30N2O3/c1-15-11-21(27-4)22(28-5)13-19(15)14-25(3)16(2)23(26)24-20-10-9-17-7-6-8-18(17)12-20/h9-13,16H,6-8,14H2,1-5H3,(H,24,26)/p+1/t16-/m1/s1. The molecule has 2 atom stereocenters. The Hall–Kier alpha value is -2.53. The highest BCUT2D eigenvalue weighted by molar-refractivity contribution is 5.93. The SMILES string of the molecule is COc1cc(C)c(C[NH+](C)[C@H](C)C(=O)Nc2ccc3c(c2)CCC3)cc1OC. The average molecular weight is 384 g/mol. The van der Waals surface area contributed by atoms with E-state index in [1.54, 1.807) is 14.2 Å². The number of carbonyl (C=O) groups excluding carboxylic acids is 1. The van der Waals surface area contributed by atoms with E-state index < -0.39 is 0 Å². The molecule has 3 rings (SSSR count). The number of likely N-dealkylation sites (N-methyl/N-ethyl adjacent to an activating group) is 1. The molecule has 0 aromatic heterocycles. The van der Waals surface area contributed by atoms with Crippen LogP contribution < -0.4 is 19.7 Å². The number of anilines is 1. The zero-order chi connectivity index (χ0) is 20.3. The first-order valence-corrected chi connectivity index (χ1v) is 9.89. The van der Waals surface area contributed by atoms with E-state index in [0.717, 1.165) is 46.9 Å². The van der Waals surface area contributed by atoms with Gasteiger partial charge in [-0.15, -0.1) is 0 Å². The molecule has 1 amide bonds. The molecule has 0 fully saturated rings. The van der Waals surface area contributed by atoms with Gasteiger partial charge >= 0.3 is 0 Å². The van der Waals surface area contributed by atoms with Crippen LogP contribution in [-0.2, 0) is 24.2 Å². The fraction of sp³-hybridized carbons (Fsp3) is 0.435. The predicted molar refractivity (Wildman–Crippen MR) is 111 cm³/mol. The van der Waals surface area contributed by atoms with Crippen molar-refractivity contribution in [2.45, 2.75) is 45.7 Å². The van der Waals surface area contributed by atoms with Gasteiger partial charge in [-0.05, 0) is 74.1 Å². The maximum atomic E-state index is 12.8. The highest BCUT2D eigenvalue weighted by atomic mass is 16.5. The van der Waals surface area contributed by atoms with Crippen molar-refractivity contribution >= 4 is 11.6 Å². The summed E-state index contributed by atoms with van der Waals surface area (Å²) in [7, 11) is 5.32. The molecule has 0 heterocycles. The molecule has 2 aromatic rings. The fourth-order valence-electron chi connectivity index (χ4n) is 3.79. The summed E-state index contributed by atoms with van der Waals surface area (Å²) in [6, 6.07) is 10.1. The van der Waals surface area contributed by atoms with Gasteiger partial charge in [0.15, 0.2) is 17.5 Å². The molecule has 0 spiro atoms. The molecular formula is C23H31N2O3+. The third-order valence-electron chi connectivity index (χ3n) is 5.81. The van der Waals surface area contributed by atoms with Crippen molar-refractivity contribution in [3.05, 3.63) is 52.6 Å². The third kappa shape index (κ3) is 4.30. The van der Waals surface area contributed by atoms with Crippen LogP contribution in [0.25, 0.3) is 0 Å². The first-order chi connectivity index (χ1) is 13.4. The Morgan fingerprint density at radius 2 is 1.79 bits per heavy atom. The Morgan fingerprint density at radius 1 is 1.11 bits per heavy atom. The topological polar surface area (TPSA) is 52.0 Å². The highest BCUT2D eigenvalue weighted by Gasteiger charge is 2.24. The second-order valence-electron chi connectivity index (χ2n) is 7.70. The van der Waals surface area contributed by atoms with Crippen LogP contribution in [0.4, 0.5) is 5.69 Å². The van der Waals surface area contributed by atoms with Gasteiger partial charge in [0.05, 0.1) is 21.3 Å². The summed E-state index contributed by atoms with van der Waals surface area (Å²) >= 11 is 0. The van der Waals surface area contributed by atoms with Crippen molar-refractivity contribution in [3.8, 4) is 11.5 Å². The monoisotopic (exact) mass is 383 g/mol. The van der Waals surface area contributed by atoms with Crippen molar-refractivity contribution < 1.29 is 19.2 Å². The summed E-state index contributed by atoms with van der Waals surface area (Å²) in [4.78, 5) is 13.9. The van der Waals surface area contributed by atoms with E-state index in [4.69, 9.17) is 9.47 Å². The Bertz CT molecular complexity index is 863. The lowest BCUT2D eigenvalue weighted by atomic mass is 10.1. The van der Waals surface area contributed by atoms with Crippen LogP contribution >= 0.6 is 0 Å². The van der Waals surface area contributed by atoms with Gasteiger partial charge in [-0.3, -0.25) is 4.79 Å². The summed E-state index contributed by atoms with van der Waals surface area (Å²) in [6.45, 7) is 4.75. The number of carbonyl (C=O) groups is 1. The predicted octanol–water partition coefficient (Wildman–Crippen LogP) is 2.54. The van der Waals surface area contributed by atoms with Crippen molar-refractivity contribution in [3.63, 3.8) is 0 Å². The smallest absolute Gasteiger partial charge is 0.282 e. The van der Waals surface area contributed by atoms with Gasteiger partial charge in [-0.25, -0.2) is 0 Å². The minimum atomic E-state index is -0.180. The van der Waals surface area contributed by atoms with E-state index in [2.05, 4.69) is 24.4 Å². The molecule has 150 valence electrons. The first kappa shape index (κ1) is 20.2. The molecule has 28 heavy (non-hydrogen) atoms. The van der Waals surface area contributed by atoms with Gasteiger partial charge in [-0.1, -0.05) is 6.07 Å². The number of benzene rings is 2. The molecule has 5 nitrogen and oxygen atoms in total. The van der Waals surface area contributed by atoms with E-state index in [1.807, 2.05) is 32.2 Å². The van der Waals surface area contributed by atoms with Crippen molar-refractivity contribution in [1.82, 2.24) is 0 Å². The zero-order valence-electron chi connectivity index (χ0n) is 17.5. The van der Waals surface area contributed by atoms with E-state index in [-0.39, 0.29) is 11.9 Å². The summed E-state index contributed by atoms with van der Waals surface area (Å²) in [5.41, 5.74) is 5.95. The number of hydrogen-bond acceptors (Lipinski definition) is 3. The fourth-order valence-corrected chi connectivity index (χ4v) is 3.79. The summed E-state index contributed by atoms with van der Waals surface area (Å²) < 4.78 is 10.8. The number of amides is 1. The van der Waals surface area contributed by atoms with Crippen molar-refractivity contribution in [2.75, 3.05) is 26.6 Å². The lowest BCUT2D eigenvalue weighted by Crippen LogP contribution is -3.12. The van der Waals surface area contributed by atoms with Gasteiger partial charge < -0.3 is 19.7 Å². The normalized spacial score (nSPS) is 14.9. The number of methoxy groups -OCH3 is 2. The summed E-state index contributed by atoms with van der Waals surface area (Å²) in [6.07, 6.45) is 3.47. The largest absolute Gasteiger partial charge is 0.493 e. The maximum Gasteiger partial charge on any atom is 0.282 e. The van der Waals surface area contributed by atoms with Crippen LogP contribution in [0.1, 0.15) is 35.6 Å². The number of quaternary nitrogens is 1. The van der Waals surface area contributed by atoms with Crippen LogP contribution in [0.15, 0.2) is 30.3 Å². The van der Waals surface area contributed by atoms with Crippen molar-refractivity contribution in [1.29, 1.82) is 0 Å². The Kier molecular flexibility index (Phi) is 6.25. The number of rotatable bonds is 7. The molecule has 0 aliphatic heterocycles. The molecule has 1 aliphatic carbocycles. The zero-order valence-corrected chi connectivity index (χ0v) is 17.5. The lowest BCUT2D eigenvalue weighted by Gasteiger charge is -2.22. The van der Waals surface area contributed by atoms with Gasteiger partial charge in [0, 0.05) is 11.3 Å². The lowest BCUT2D eigenvalue weighted by molar-refractivity contribution is -0.907. The van der Waals surface area contributed by atoms with Gasteiger partial charge in [-0.2, -0.15) is 0 Å². The number of ether oxygens (including phenoxy) is 2. The van der Waals surface area contributed by atoms with E-state index >= 15 is 0 Å². The number of hydrogen-bond donors (Lipinski definition) is 2. The molecule has 0 saturated carbocycles. The van der Waals surface area contributed by atoms with E-state index in [1.165, 1.54) is 17.5 Å². The van der Waals surface area contributed by atoms with E-state index in [9.17, 15) is 4.79 Å². The van der Waals surface area contributed by atoms with E-state index in [0.29, 0.717) is 5.75 Å². The minimum absolute atomic E-state index is 0.0357. The molecule has 2 aromatic carbocycles. The molecule has 2 N–H and O–H groups in total. The quantitative estimate of drug-likeness (QED) is 0.773. The molecule has 0 radical (unpaired) electrons. The average Bonchev–Trinajstić information content (AvgIpc) is 3.16. The van der Waals surface area contributed by atoms with Gasteiger partial charge in [0.2, 0.25) is 0 Å². The van der Waals surface area contributed by atoms with Crippen molar-refractivity contribution in [2.24, 2.45) is 0 Å². The Balaban J connectivity index is 1.67. The molecule has 1 aliphatic rings. The number of nitrogens with one attached hydrogen (secondary N) is 2. The van der Waals surface area contributed by atoms with Crippen LogP contribution in [0, 0.1) is 6.92 Å². The molecule has 5 heteroatoms. The first-order valence-electron chi connectivity index (χ1n) is 9.89. The van der Waals surface area contributed by atoms with Crippen LogP contribution in [0.5, 0.6) is 11.5 Å². The number of fused-ring (bicyclic) bond motifs is 1. The Labute approximate surface area is 167 Å². The van der Waals surface area contributed by atoms with Crippen LogP contribution in [0.2, 0.25) is 0 Å². The maximum absolute atomic E-state index is 12.8. The molecular weight excluding hydrogens is 352 g/mol. The number of aryl methyl sites for hydroxylation is 3. The molecule has 1 unspecified atom stereocenters. The molecule has 0 bridgehead atoms. The molecule has 0 saturated heterocycles. The second-order valence-corrected chi connectivity index (χ2v) is 7.70. The van der Waals surface area contributed by atoms with Crippen LogP contribution in [0.3, 0.4) is 0 Å². The summed E-state index contributed by atoms with van der Waals surface area (Å²) in [5.74, 6) is 1.48. The Morgan fingerprint density at radius 3 is 2.50 bits per heavy atom. The third-order valence-corrected chi connectivity index (χ3v) is 5.81. The van der Waals surface area contributed by atoms with Gasteiger partial charge in [0.1, 0.15) is 6.54 Å². The van der Waals surface area contributed by atoms with Crippen LogP contribution in [-0.4, -0.2) is 33.2 Å². The van der Waals surface area contributed by atoms with Gasteiger partial charge in [0.25, 0.3) is 5.91 Å². The highest BCUT2D eigenvalue weighted by Crippen LogP contribution is 2.30. The minimum Gasteiger partial charge on any atom is -0.493 e. The summed E-state index contributed by atoms with van der Waals surface area (Å²) in [5, 5.41) is 3.09. The second kappa shape index (κ2) is 8.65.